The van der Waals surface area contributed by atoms with Crippen LogP contribution < -0.4 is 21.5 Å². The van der Waals surface area contributed by atoms with Gasteiger partial charge in [0.1, 0.15) is 11.5 Å². The summed E-state index contributed by atoms with van der Waals surface area (Å²) in [6, 6.07) is 20.3. The van der Waals surface area contributed by atoms with Crippen molar-refractivity contribution in [2.45, 2.75) is 40.5 Å². The highest BCUT2D eigenvalue weighted by Gasteiger charge is 2.11. The van der Waals surface area contributed by atoms with E-state index in [1.807, 2.05) is 60.7 Å². The van der Waals surface area contributed by atoms with Crippen LogP contribution in [-0.4, -0.2) is 73.8 Å². The molecule has 0 atom stereocenters. The van der Waals surface area contributed by atoms with E-state index in [0.717, 1.165) is 99.0 Å². The molecule has 7 heteroatoms. The number of benzene rings is 2. The van der Waals surface area contributed by atoms with E-state index in [9.17, 15) is 0 Å². The zero-order chi connectivity index (χ0) is 28.0. The van der Waals surface area contributed by atoms with E-state index in [1.54, 1.807) is 0 Å². The average Bonchev–Trinajstić information content (AvgIpc) is 3.48. The van der Waals surface area contributed by atoms with Crippen molar-refractivity contribution in [3.8, 4) is 22.6 Å². The average molecular weight is 533 g/mol. The van der Waals surface area contributed by atoms with Gasteiger partial charge >= 0.3 is 0 Å². The zero-order valence-electron chi connectivity index (χ0n) is 24.3. The van der Waals surface area contributed by atoms with E-state index in [1.165, 1.54) is 0 Å². The number of nitrogen functional groups attached to an aromatic ring is 2. The number of rotatable bonds is 16. The first kappa shape index (κ1) is 30.1. The molecule has 3 rings (SSSR count). The van der Waals surface area contributed by atoms with Gasteiger partial charge < -0.3 is 14.2 Å². The molecule has 0 aliphatic carbocycles. The molecule has 0 saturated carbocycles. The lowest BCUT2D eigenvalue weighted by Gasteiger charge is -2.16. The molecule has 1 heterocycles. The molecular formula is C32H48N6O+2. The minimum absolute atomic E-state index is 0.704. The van der Waals surface area contributed by atoms with Crippen LogP contribution in [0, 0.1) is 0 Å². The van der Waals surface area contributed by atoms with Crippen molar-refractivity contribution < 1.29 is 14.4 Å². The van der Waals surface area contributed by atoms with Gasteiger partial charge in [-0.05, 0) is 75.4 Å². The van der Waals surface area contributed by atoms with Gasteiger partial charge in [0.25, 0.3) is 11.7 Å². The molecule has 0 bridgehead atoms. The molecule has 3 aromatic rings. The van der Waals surface area contributed by atoms with E-state index in [0.29, 0.717) is 11.7 Å². The second-order valence-electron chi connectivity index (χ2n) is 9.76. The second kappa shape index (κ2) is 15.9. The van der Waals surface area contributed by atoms with Gasteiger partial charge in [-0.3, -0.25) is 21.5 Å². The van der Waals surface area contributed by atoms with Crippen LogP contribution in [-0.2, 0) is 0 Å². The van der Waals surface area contributed by atoms with Crippen LogP contribution >= 0.6 is 0 Å². The lowest BCUT2D eigenvalue weighted by Crippen LogP contribution is -2.76. The molecule has 0 aliphatic rings. The lowest BCUT2D eigenvalue weighted by molar-refractivity contribution is -0.458. The van der Waals surface area contributed by atoms with Gasteiger partial charge in [-0.15, -0.1) is 0 Å². The summed E-state index contributed by atoms with van der Waals surface area (Å²) in [7, 11) is 0. The fourth-order valence-corrected chi connectivity index (χ4v) is 4.61. The standard InChI is InChI=1S/C32H46N6O/c1-5-37(6-2)23-9-21-35-31(33)27-15-11-25(12-16-27)29-19-20-30(39-29)26-13-17-28(18-14-26)32(34)36-22-10-24-38(7-3)8-4/h11-20H,5-10,21-24H2,1-4H3,(H2,33,35)(H2,34,36)/p+2. The molecule has 0 aliphatic heterocycles. The predicted molar refractivity (Wildman–Crippen MR) is 163 cm³/mol. The van der Waals surface area contributed by atoms with Crippen molar-refractivity contribution in [2.24, 2.45) is 11.5 Å². The zero-order valence-corrected chi connectivity index (χ0v) is 24.3. The van der Waals surface area contributed by atoms with E-state index in [2.05, 4.69) is 47.5 Å². The van der Waals surface area contributed by atoms with E-state index in [-0.39, 0.29) is 0 Å². The SMILES string of the molecule is CCN(CC)CCC[NH+]=C(N)c1ccc(-c2ccc(-c3ccc(C(N)=[NH+]CCCN(CC)CC)cc3)o2)cc1. The Hall–Kier alpha value is -3.42. The normalized spacial score (nSPS) is 12.6. The van der Waals surface area contributed by atoms with Crippen molar-refractivity contribution in [3.63, 3.8) is 0 Å². The van der Waals surface area contributed by atoms with E-state index < -0.39 is 0 Å². The summed E-state index contributed by atoms with van der Waals surface area (Å²) in [4.78, 5) is 11.5. The summed E-state index contributed by atoms with van der Waals surface area (Å²) < 4.78 is 6.19. The van der Waals surface area contributed by atoms with Crippen LogP contribution in [0.5, 0.6) is 0 Å². The van der Waals surface area contributed by atoms with Gasteiger partial charge in [-0.2, -0.15) is 0 Å². The van der Waals surface area contributed by atoms with Crippen molar-refractivity contribution in [1.82, 2.24) is 9.80 Å². The number of amidine groups is 2. The summed E-state index contributed by atoms with van der Waals surface area (Å²) in [5, 5.41) is 0. The highest BCUT2D eigenvalue weighted by Crippen LogP contribution is 2.28. The molecule has 0 spiro atoms. The Labute approximate surface area is 234 Å². The highest BCUT2D eigenvalue weighted by molar-refractivity contribution is 5.94. The third-order valence-electron chi connectivity index (χ3n) is 7.29. The molecule has 1 aromatic heterocycles. The van der Waals surface area contributed by atoms with Crippen molar-refractivity contribution in [2.75, 3.05) is 52.4 Å². The Kier molecular flexibility index (Phi) is 12.3. The molecule has 0 unspecified atom stereocenters. The molecular weight excluding hydrogens is 484 g/mol. The Morgan fingerprint density at radius 1 is 0.590 bits per heavy atom. The van der Waals surface area contributed by atoms with Gasteiger partial charge in [0, 0.05) is 24.2 Å². The molecule has 39 heavy (non-hydrogen) atoms. The minimum Gasteiger partial charge on any atom is -0.456 e. The molecule has 2 aromatic carbocycles. The largest absolute Gasteiger partial charge is 0.456 e. The van der Waals surface area contributed by atoms with Crippen LogP contribution in [0.4, 0.5) is 0 Å². The smallest absolute Gasteiger partial charge is 0.272 e. The van der Waals surface area contributed by atoms with Gasteiger partial charge in [0.2, 0.25) is 0 Å². The Morgan fingerprint density at radius 2 is 0.949 bits per heavy atom. The van der Waals surface area contributed by atoms with Crippen LogP contribution in [0.3, 0.4) is 0 Å². The van der Waals surface area contributed by atoms with Crippen LogP contribution in [0.25, 0.3) is 22.6 Å². The van der Waals surface area contributed by atoms with Crippen LogP contribution in [0.2, 0.25) is 0 Å². The van der Waals surface area contributed by atoms with Gasteiger partial charge in [-0.1, -0.05) is 52.0 Å². The van der Waals surface area contributed by atoms with Crippen LogP contribution in [0.15, 0.2) is 65.1 Å². The summed E-state index contributed by atoms with van der Waals surface area (Å²) >= 11 is 0. The maximum Gasteiger partial charge on any atom is 0.272 e. The Bertz CT molecular complexity index is 1080. The third kappa shape index (κ3) is 9.08. The van der Waals surface area contributed by atoms with E-state index >= 15 is 0 Å². The Balaban J connectivity index is 1.56. The topological polar surface area (TPSA) is 99.6 Å². The third-order valence-corrected chi connectivity index (χ3v) is 7.29. The molecule has 0 radical (unpaired) electrons. The maximum absolute atomic E-state index is 6.29. The molecule has 210 valence electrons. The first-order chi connectivity index (χ1) is 19.0. The quantitative estimate of drug-likeness (QED) is 0.128. The van der Waals surface area contributed by atoms with Gasteiger partial charge in [-0.25, -0.2) is 0 Å². The number of furan rings is 1. The monoisotopic (exact) mass is 532 g/mol. The fraction of sp³-hybridized carbons (Fsp3) is 0.438. The molecule has 7 nitrogen and oxygen atoms in total. The first-order valence-corrected chi connectivity index (χ1v) is 14.5. The number of nitrogens with zero attached hydrogens (tertiary/aromatic N) is 2. The molecule has 0 fully saturated rings. The van der Waals surface area contributed by atoms with Gasteiger partial charge in [0.15, 0.2) is 0 Å². The summed E-state index contributed by atoms with van der Waals surface area (Å²) in [5.41, 5.74) is 16.6. The van der Waals surface area contributed by atoms with Crippen molar-refractivity contribution in [1.29, 1.82) is 0 Å². The number of hydrogen-bond acceptors (Lipinski definition) is 3. The van der Waals surface area contributed by atoms with E-state index in [4.69, 9.17) is 15.9 Å². The predicted octanol–water partition coefficient (Wildman–Crippen LogP) is 1.65. The maximum atomic E-state index is 6.29. The van der Waals surface area contributed by atoms with Crippen molar-refractivity contribution >= 4 is 11.7 Å². The van der Waals surface area contributed by atoms with Gasteiger partial charge in [0.05, 0.1) is 24.2 Å². The number of hydrogen-bond donors (Lipinski definition) is 4. The fourth-order valence-electron chi connectivity index (χ4n) is 4.61. The lowest BCUT2D eigenvalue weighted by atomic mass is 10.1. The molecule has 0 amide bonds. The summed E-state index contributed by atoms with van der Waals surface area (Å²) in [6.45, 7) is 17.0. The van der Waals surface area contributed by atoms with Crippen LogP contribution in [0.1, 0.15) is 51.7 Å². The first-order valence-electron chi connectivity index (χ1n) is 14.5. The summed E-state index contributed by atoms with van der Waals surface area (Å²) in [6.07, 6.45) is 2.13. The molecule has 0 saturated heterocycles. The number of nitrogens with two attached hydrogens (primary N) is 2. The summed E-state index contributed by atoms with van der Waals surface area (Å²) in [5.74, 6) is 3.06. The Morgan fingerprint density at radius 3 is 1.28 bits per heavy atom. The second-order valence-corrected chi connectivity index (χ2v) is 9.76. The van der Waals surface area contributed by atoms with Crippen molar-refractivity contribution in [3.05, 3.63) is 71.8 Å². The minimum atomic E-state index is 0.704. The molecule has 6 N–H and O–H groups in total. The highest BCUT2D eigenvalue weighted by atomic mass is 16.3. The number of nitrogens with one attached hydrogen (secondary N) is 2.